The van der Waals surface area contributed by atoms with E-state index in [1.165, 1.54) is 6.07 Å². The third-order valence-corrected chi connectivity index (χ3v) is 5.91. The number of anilines is 1. The van der Waals surface area contributed by atoms with Gasteiger partial charge < -0.3 is 10.2 Å². The van der Waals surface area contributed by atoms with Gasteiger partial charge >= 0.3 is 0 Å². The van der Waals surface area contributed by atoms with E-state index in [2.05, 4.69) is 26.6 Å². The lowest BCUT2D eigenvalue weighted by Gasteiger charge is -2.28. The van der Waals surface area contributed by atoms with E-state index in [-0.39, 0.29) is 17.9 Å². The molecule has 0 spiro atoms. The Labute approximate surface area is 184 Å². The molecule has 7 nitrogen and oxygen atoms in total. The quantitative estimate of drug-likeness (QED) is 0.495. The molecule has 1 N–H and O–H groups in total. The number of hydrogen-bond acceptors (Lipinski definition) is 4. The number of rotatable bonds is 4. The highest BCUT2D eigenvalue weighted by molar-refractivity contribution is 7.80. The van der Waals surface area contributed by atoms with Gasteiger partial charge in [-0.05, 0) is 56.4 Å². The van der Waals surface area contributed by atoms with Crippen LogP contribution in [0.5, 0.6) is 0 Å². The van der Waals surface area contributed by atoms with Crippen LogP contribution in [0.4, 0.5) is 10.1 Å². The molecule has 1 fully saturated rings. The van der Waals surface area contributed by atoms with E-state index in [4.69, 9.17) is 12.2 Å². The van der Waals surface area contributed by atoms with Crippen molar-refractivity contribution in [3.63, 3.8) is 0 Å². The summed E-state index contributed by atoms with van der Waals surface area (Å²) >= 11 is 5.69. The van der Waals surface area contributed by atoms with Gasteiger partial charge in [0, 0.05) is 23.1 Å². The molecule has 0 saturated carbocycles. The Bertz CT molecular complexity index is 1240. The van der Waals surface area contributed by atoms with Crippen molar-refractivity contribution in [2.24, 2.45) is 0 Å². The van der Waals surface area contributed by atoms with Crippen LogP contribution in [0.25, 0.3) is 0 Å². The molecule has 9 heteroatoms. The predicted octanol–water partition coefficient (Wildman–Crippen LogP) is 3.72. The minimum Gasteiger partial charge on any atom is -0.351 e. The van der Waals surface area contributed by atoms with E-state index in [0.29, 0.717) is 10.8 Å². The summed E-state index contributed by atoms with van der Waals surface area (Å²) in [6.07, 6.45) is 5.04. The molecule has 2 unspecified atom stereocenters. The Morgan fingerprint density at radius 1 is 1.03 bits per heavy atom. The molecule has 0 aliphatic carbocycles. The van der Waals surface area contributed by atoms with Crippen molar-refractivity contribution < 1.29 is 4.39 Å². The van der Waals surface area contributed by atoms with Crippen molar-refractivity contribution in [1.82, 2.24) is 29.9 Å². The summed E-state index contributed by atoms with van der Waals surface area (Å²) < 4.78 is 18.7. The second-order valence-electron chi connectivity index (χ2n) is 7.43. The van der Waals surface area contributed by atoms with Gasteiger partial charge in [-0.25, -0.2) is 9.07 Å². The van der Waals surface area contributed by atoms with Crippen molar-refractivity contribution in [3.8, 4) is 0 Å². The standard InChI is InChI=1S/C22H20FN7S/c1-14-11-16(15(2)30(14)28-12-25-26-13-28)21-20(18-8-5-6-10-24-18)27-22(31)29(21)19-9-4-3-7-17(19)23/h3-13,20-21H,1-2H3,(H,27,31). The highest BCUT2D eigenvalue weighted by Crippen LogP contribution is 2.43. The number of benzene rings is 1. The minimum atomic E-state index is -0.328. The highest BCUT2D eigenvalue weighted by Gasteiger charge is 2.43. The molecule has 0 amide bonds. The van der Waals surface area contributed by atoms with Crippen molar-refractivity contribution in [3.05, 3.63) is 95.8 Å². The first-order valence-corrected chi connectivity index (χ1v) is 10.3. The zero-order chi connectivity index (χ0) is 21.5. The molecule has 0 radical (unpaired) electrons. The Balaban J connectivity index is 1.70. The fourth-order valence-electron chi connectivity index (χ4n) is 4.31. The van der Waals surface area contributed by atoms with Crippen molar-refractivity contribution >= 4 is 23.0 Å². The van der Waals surface area contributed by atoms with E-state index in [0.717, 1.165) is 22.6 Å². The van der Waals surface area contributed by atoms with Gasteiger partial charge in [0.15, 0.2) is 5.11 Å². The predicted molar refractivity (Wildman–Crippen MR) is 119 cm³/mol. The molecule has 1 aliphatic rings. The van der Waals surface area contributed by atoms with Crippen molar-refractivity contribution in [2.75, 3.05) is 4.90 Å². The number of aromatic nitrogens is 5. The van der Waals surface area contributed by atoms with Crippen molar-refractivity contribution in [1.29, 1.82) is 0 Å². The average molecular weight is 434 g/mol. The van der Waals surface area contributed by atoms with Crippen LogP contribution in [0.2, 0.25) is 0 Å². The monoisotopic (exact) mass is 433 g/mol. The molecule has 1 aromatic carbocycles. The van der Waals surface area contributed by atoms with Gasteiger partial charge in [0.05, 0.1) is 23.5 Å². The molecule has 5 rings (SSSR count). The van der Waals surface area contributed by atoms with Crippen LogP contribution in [0.1, 0.15) is 34.7 Å². The lowest BCUT2D eigenvalue weighted by molar-refractivity contribution is 0.550. The zero-order valence-electron chi connectivity index (χ0n) is 17.0. The first kappa shape index (κ1) is 19.4. The molecule has 4 aromatic rings. The maximum atomic E-state index is 14.9. The molecule has 1 saturated heterocycles. The van der Waals surface area contributed by atoms with E-state index in [1.807, 2.05) is 52.4 Å². The summed E-state index contributed by atoms with van der Waals surface area (Å²) in [4.78, 5) is 6.41. The second-order valence-corrected chi connectivity index (χ2v) is 7.81. The SMILES string of the molecule is Cc1cc(C2C(c3ccccn3)NC(=S)N2c2ccccc2F)c(C)n1-n1cnnc1. The number of nitrogens with zero attached hydrogens (tertiary/aromatic N) is 6. The minimum absolute atomic E-state index is 0.247. The average Bonchev–Trinajstić information content (AvgIpc) is 3.47. The Hall–Kier alpha value is -3.59. The van der Waals surface area contributed by atoms with Crippen LogP contribution in [0.3, 0.4) is 0 Å². The van der Waals surface area contributed by atoms with Crippen LogP contribution < -0.4 is 10.2 Å². The topological polar surface area (TPSA) is 63.8 Å². The maximum Gasteiger partial charge on any atom is 0.174 e. The first-order chi connectivity index (χ1) is 15.1. The Morgan fingerprint density at radius 2 is 1.77 bits per heavy atom. The van der Waals surface area contributed by atoms with Gasteiger partial charge in [-0.2, -0.15) is 0 Å². The number of thiocarbonyl (C=S) groups is 1. The van der Waals surface area contributed by atoms with Crippen LogP contribution >= 0.6 is 12.2 Å². The lowest BCUT2D eigenvalue weighted by atomic mass is 9.96. The van der Waals surface area contributed by atoms with Gasteiger partial charge in [-0.3, -0.25) is 9.66 Å². The molecule has 4 heterocycles. The molecule has 31 heavy (non-hydrogen) atoms. The number of hydrogen-bond donors (Lipinski definition) is 1. The van der Waals surface area contributed by atoms with Crippen LogP contribution in [-0.4, -0.2) is 29.6 Å². The molecular weight excluding hydrogens is 413 g/mol. The molecule has 1 aliphatic heterocycles. The highest BCUT2D eigenvalue weighted by atomic mass is 32.1. The number of para-hydroxylation sites is 1. The molecule has 0 bridgehead atoms. The van der Waals surface area contributed by atoms with Crippen LogP contribution in [0, 0.1) is 19.7 Å². The molecule has 156 valence electrons. The fourth-order valence-corrected chi connectivity index (χ4v) is 4.65. The lowest BCUT2D eigenvalue weighted by Crippen LogP contribution is -2.30. The summed E-state index contributed by atoms with van der Waals surface area (Å²) in [5.74, 6) is -0.328. The Kier molecular flexibility index (Phi) is 4.74. The van der Waals surface area contributed by atoms with Gasteiger partial charge in [-0.15, -0.1) is 10.2 Å². The number of halogens is 1. The Morgan fingerprint density at radius 3 is 2.48 bits per heavy atom. The summed E-state index contributed by atoms with van der Waals surface area (Å²) in [6.45, 7) is 4.04. The molecular formula is C22H20FN7S. The number of aryl methyl sites for hydroxylation is 1. The number of nitrogens with one attached hydrogen (secondary N) is 1. The van der Waals surface area contributed by atoms with E-state index in [1.54, 1.807) is 31.0 Å². The largest absolute Gasteiger partial charge is 0.351 e. The summed E-state index contributed by atoms with van der Waals surface area (Å²) in [6, 6.07) is 14.0. The smallest absolute Gasteiger partial charge is 0.174 e. The first-order valence-electron chi connectivity index (χ1n) is 9.85. The van der Waals surface area contributed by atoms with Crippen molar-refractivity contribution in [2.45, 2.75) is 25.9 Å². The fraction of sp³-hybridized carbons (Fsp3) is 0.182. The van der Waals surface area contributed by atoms with Gasteiger partial charge in [0.25, 0.3) is 0 Å². The third kappa shape index (κ3) is 3.17. The summed E-state index contributed by atoms with van der Waals surface area (Å²) in [5, 5.41) is 11.7. The second kappa shape index (κ2) is 7.59. The summed E-state index contributed by atoms with van der Waals surface area (Å²) in [5.41, 5.74) is 4.26. The van der Waals surface area contributed by atoms with Crippen LogP contribution in [-0.2, 0) is 0 Å². The molecule has 2 atom stereocenters. The van der Waals surface area contributed by atoms with E-state index >= 15 is 0 Å². The normalized spacial score (nSPS) is 18.4. The molecule has 3 aromatic heterocycles. The van der Waals surface area contributed by atoms with E-state index < -0.39 is 0 Å². The van der Waals surface area contributed by atoms with Gasteiger partial charge in [-0.1, -0.05) is 18.2 Å². The van der Waals surface area contributed by atoms with Gasteiger partial charge in [0.2, 0.25) is 0 Å². The summed E-state index contributed by atoms with van der Waals surface area (Å²) in [7, 11) is 0. The maximum absolute atomic E-state index is 14.9. The van der Waals surface area contributed by atoms with Gasteiger partial charge in [0.1, 0.15) is 18.5 Å². The third-order valence-electron chi connectivity index (χ3n) is 5.60. The number of pyridine rings is 1. The van der Waals surface area contributed by atoms with Crippen LogP contribution in [0.15, 0.2) is 67.4 Å². The van der Waals surface area contributed by atoms with E-state index in [9.17, 15) is 4.39 Å². The zero-order valence-corrected chi connectivity index (χ0v) is 17.8.